The van der Waals surface area contributed by atoms with E-state index in [1.165, 1.54) is 46.2 Å². The van der Waals surface area contributed by atoms with Gasteiger partial charge in [-0.2, -0.15) is 17.0 Å². The molecule has 1 saturated carbocycles. The highest BCUT2D eigenvalue weighted by Gasteiger charge is 2.37. The smallest absolute Gasteiger partial charge is 0.281 e. The molecule has 3 fully saturated rings. The molecular formula is C26H36N6O7S3. The number of ether oxygens (including phenoxy) is 1. The summed E-state index contributed by atoms with van der Waals surface area (Å²) in [5.74, 6) is -0.538. The average molecular weight is 641 g/mol. The first-order chi connectivity index (χ1) is 19.9. The van der Waals surface area contributed by atoms with E-state index in [4.69, 9.17) is 9.57 Å². The van der Waals surface area contributed by atoms with Crippen molar-refractivity contribution in [3.05, 3.63) is 40.9 Å². The molecule has 0 unspecified atom stereocenters. The van der Waals surface area contributed by atoms with Crippen molar-refractivity contribution >= 4 is 48.1 Å². The van der Waals surface area contributed by atoms with E-state index < -0.39 is 26.0 Å². The van der Waals surface area contributed by atoms with Crippen LogP contribution in [0.3, 0.4) is 0 Å². The van der Waals surface area contributed by atoms with Crippen molar-refractivity contribution in [2.75, 3.05) is 52.3 Å². The number of hydrogen-bond donors (Lipinski definition) is 1. The number of amides is 1. The standard InChI is InChI=1S/C26H36N6O7S3/c1-18-15-31(11-12-32(18)42(36,37)30(2)3)16-21-14-27-26(40-21)28-25(33)24(29-39-20-10-13-38-17-20)19-4-6-22(7-5-19)41(34,35)23-8-9-23/h4-7,14,18,20,23H,8-13,15-17H2,1-3H3,(H,27,28,33)/t18-,20+/m0/s1. The van der Waals surface area contributed by atoms with Gasteiger partial charge in [0.1, 0.15) is 0 Å². The quantitative estimate of drug-likeness (QED) is 0.285. The van der Waals surface area contributed by atoms with Crippen LogP contribution >= 0.6 is 11.3 Å². The normalized spacial score (nSPS) is 22.9. The van der Waals surface area contributed by atoms with Gasteiger partial charge in [0.05, 0.1) is 23.4 Å². The Balaban J connectivity index is 1.25. The number of rotatable bonds is 11. The minimum atomic E-state index is -3.48. The second-order valence-corrected chi connectivity index (χ2v) is 16.3. The van der Waals surface area contributed by atoms with Crippen LogP contribution < -0.4 is 5.32 Å². The molecule has 2 atom stereocenters. The van der Waals surface area contributed by atoms with Crippen molar-refractivity contribution in [3.63, 3.8) is 0 Å². The summed E-state index contributed by atoms with van der Waals surface area (Å²) in [7, 11) is -3.79. The number of sulfone groups is 1. The molecule has 2 aliphatic heterocycles. The monoisotopic (exact) mass is 640 g/mol. The van der Waals surface area contributed by atoms with E-state index in [0.717, 1.165) is 4.88 Å². The highest BCUT2D eigenvalue weighted by Crippen LogP contribution is 2.33. The van der Waals surface area contributed by atoms with Crippen LogP contribution in [0.4, 0.5) is 5.13 Å². The molecule has 16 heteroatoms. The van der Waals surface area contributed by atoms with Crippen molar-refractivity contribution in [1.29, 1.82) is 0 Å². The highest BCUT2D eigenvalue weighted by atomic mass is 32.2. The van der Waals surface area contributed by atoms with Gasteiger partial charge >= 0.3 is 0 Å². The van der Waals surface area contributed by atoms with Gasteiger partial charge in [-0.05, 0) is 31.9 Å². The van der Waals surface area contributed by atoms with Crippen LogP contribution in [0, 0.1) is 0 Å². The van der Waals surface area contributed by atoms with Crippen molar-refractivity contribution < 1.29 is 31.2 Å². The molecule has 5 rings (SSSR count). The molecule has 0 spiro atoms. The van der Waals surface area contributed by atoms with Crippen LogP contribution in [0.15, 0.2) is 40.5 Å². The summed E-state index contributed by atoms with van der Waals surface area (Å²) in [6.45, 7) is 4.91. The second kappa shape index (κ2) is 12.6. The van der Waals surface area contributed by atoms with Gasteiger partial charge in [0, 0.05) is 69.4 Å². The summed E-state index contributed by atoms with van der Waals surface area (Å²) in [6.07, 6.45) is 3.40. The Kier molecular flexibility index (Phi) is 9.32. The third-order valence-corrected chi connectivity index (χ3v) is 12.6. The van der Waals surface area contributed by atoms with Crippen LogP contribution in [-0.4, -0.2) is 111 Å². The maximum absolute atomic E-state index is 13.4. The van der Waals surface area contributed by atoms with Crippen molar-refractivity contribution in [3.8, 4) is 0 Å². The third kappa shape index (κ3) is 7.01. The molecule has 1 aliphatic carbocycles. The summed E-state index contributed by atoms with van der Waals surface area (Å²) in [6, 6.07) is 5.93. The average Bonchev–Trinajstić information content (AvgIpc) is 3.53. The summed E-state index contributed by atoms with van der Waals surface area (Å²) in [5, 5.41) is 6.98. The maximum Gasteiger partial charge on any atom is 0.281 e. The molecule has 0 bridgehead atoms. The van der Waals surface area contributed by atoms with Gasteiger partial charge in [0.15, 0.2) is 26.8 Å². The fraction of sp³-hybridized carbons (Fsp3) is 0.577. The minimum Gasteiger partial charge on any atom is -0.389 e. The van der Waals surface area contributed by atoms with E-state index in [9.17, 15) is 21.6 Å². The summed E-state index contributed by atoms with van der Waals surface area (Å²) >= 11 is 1.32. The van der Waals surface area contributed by atoms with E-state index in [2.05, 4.69) is 20.4 Å². The van der Waals surface area contributed by atoms with Gasteiger partial charge in [-0.1, -0.05) is 17.3 Å². The Morgan fingerprint density at radius 3 is 2.52 bits per heavy atom. The summed E-state index contributed by atoms with van der Waals surface area (Å²) in [5.41, 5.74) is 0.415. The Morgan fingerprint density at radius 1 is 1.17 bits per heavy atom. The zero-order valence-electron chi connectivity index (χ0n) is 23.8. The number of anilines is 1. The number of nitrogens with one attached hydrogen (secondary N) is 1. The topological polar surface area (TPSA) is 151 Å². The molecule has 1 amide bonds. The van der Waals surface area contributed by atoms with Gasteiger partial charge < -0.3 is 9.57 Å². The Labute approximate surface area is 250 Å². The van der Waals surface area contributed by atoms with E-state index in [-0.39, 0.29) is 28.0 Å². The fourth-order valence-electron chi connectivity index (χ4n) is 4.85. The molecule has 1 aromatic heterocycles. The first-order valence-corrected chi connectivity index (χ1v) is 17.5. The number of aromatic nitrogens is 1. The lowest BCUT2D eigenvalue weighted by Crippen LogP contribution is -2.55. The first-order valence-electron chi connectivity index (χ1n) is 13.8. The zero-order valence-corrected chi connectivity index (χ0v) is 26.3. The van der Waals surface area contributed by atoms with E-state index >= 15 is 0 Å². The Hall–Kier alpha value is -2.47. The Morgan fingerprint density at radius 2 is 1.90 bits per heavy atom. The van der Waals surface area contributed by atoms with Crippen molar-refractivity contribution in [1.82, 2.24) is 18.5 Å². The SMILES string of the molecule is C[C@H]1CN(Cc2cnc(NC(=O)C(=NO[C@@H]3CCOC3)c3ccc(S(=O)(=O)C4CC4)cc3)s2)CCN1S(=O)(=O)N(C)C. The molecule has 2 saturated heterocycles. The zero-order chi connectivity index (χ0) is 30.1. The number of nitrogens with zero attached hydrogens (tertiary/aromatic N) is 5. The molecular weight excluding hydrogens is 605 g/mol. The number of benzene rings is 1. The lowest BCUT2D eigenvalue weighted by Gasteiger charge is -2.39. The van der Waals surface area contributed by atoms with E-state index in [1.54, 1.807) is 18.3 Å². The fourth-order valence-corrected chi connectivity index (χ4v) is 8.61. The number of oxime groups is 1. The Bertz CT molecular complexity index is 1520. The van der Waals surface area contributed by atoms with Gasteiger partial charge in [-0.25, -0.2) is 13.4 Å². The number of hydrogen-bond acceptors (Lipinski definition) is 11. The van der Waals surface area contributed by atoms with E-state index in [1.807, 2.05) is 6.92 Å². The summed E-state index contributed by atoms with van der Waals surface area (Å²) < 4.78 is 58.4. The van der Waals surface area contributed by atoms with Gasteiger partial charge in [0.2, 0.25) is 0 Å². The van der Waals surface area contributed by atoms with Gasteiger partial charge in [-0.3, -0.25) is 15.0 Å². The lowest BCUT2D eigenvalue weighted by molar-refractivity contribution is -0.110. The van der Waals surface area contributed by atoms with Crippen LogP contribution in [-0.2, 0) is 41.0 Å². The summed E-state index contributed by atoms with van der Waals surface area (Å²) in [4.78, 5) is 26.6. The van der Waals surface area contributed by atoms with E-state index in [0.29, 0.717) is 69.4 Å². The predicted octanol–water partition coefficient (Wildman–Crippen LogP) is 1.54. The minimum absolute atomic E-state index is 0.000989. The van der Waals surface area contributed by atoms with Crippen LogP contribution in [0.1, 0.15) is 36.6 Å². The largest absolute Gasteiger partial charge is 0.389 e. The first kappa shape index (κ1) is 31.0. The molecule has 1 N–H and O–H groups in total. The van der Waals surface area contributed by atoms with Gasteiger partial charge in [-0.15, -0.1) is 11.3 Å². The molecule has 3 aliphatic rings. The molecule has 13 nitrogen and oxygen atoms in total. The molecule has 2 aromatic rings. The number of piperazine rings is 1. The highest BCUT2D eigenvalue weighted by molar-refractivity contribution is 7.92. The lowest BCUT2D eigenvalue weighted by atomic mass is 10.1. The van der Waals surface area contributed by atoms with Crippen LogP contribution in [0.2, 0.25) is 0 Å². The van der Waals surface area contributed by atoms with Crippen LogP contribution in [0.25, 0.3) is 0 Å². The maximum atomic E-state index is 13.4. The second-order valence-electron chi connectivity index (χ2n) is 10.9. The molecule has 42 heavy (non-hydrogen) atoms. The molecule has 230 valence electrons. The van der Waals surface area contributed by atoms with Crippen molar-refractivity contribution in [2.24, 2.45) is 5.16 Å². The number of thiazole rings is 1. The number of carbonyl (C=O) groups excluding carboxylic acids is 1. The van der Waals surface area contributed by atoms with Gasteiger partial charge in [0.25, 0.3) is 16.1 Å². The number of carbonyl (C=O) groups is 1. The predicted molar refractivity (Wildman–Crippen MR) is 158 cm³/mol. The molecule has 3 heterocycles. The molecule has 0 radical (unpaired) electrons. The van der Waals surface area contributed by atoms with Crippen molar-refractivity contribution in [2.45, 2.75) is 55.0 Å². The third-order valence-electron chi connectivity index (χ3n) is 7.38. The van der Waals surface area contributed by atoms with Crippen LogP contribution in [0.5, 0.6) is 0 Å². The molecule has 1 aromatic carbocycles.